The van der Waals surface area contributed by atoms with Gasteiger partial charge in [-0.15, -0.1) is 0 Å². The van der Waals surface area contributed by atoms with Crippen molar-refractivity contribution in [2.45, 2.75) is 19.9 Å². The van der Waals surface area contributed by atoms with Crippen LogP contribution in [0.5, 0.6) is 0 Å². The van der Waals surface area contributed by atoms with Gasteiger partial charge in [-0.25, -0.2) is 4.79 Å². The van der Waals surface area contributed by atoms with Crippen molar-refractivity contribution in [3.8, 4) is 0 Å². The molecule has 19 heavy (non-hydrogen) atoms. The predicted octanol–water partition coefficient (Wildman–Crippen LogP) is 1.30. The summed E-state index contributed by atoms with van der Waals surface area (Å²) in [4.78, 5) is 15.4. The number of hydrogen-bond donors (Lipinski definition) is 1. The Morgan fingerprint density at radius 3 is 2.79 bits per heavy atom. The molecule has 0 radical (unpaired) electrons. The largest absolute Gasteiger partial charge is 0.460 e. The fourth-order valence-corrected chi connectivity index (χ4v) is 1.70. The molecule has 1 aromatic heterocycles. The zero-order chi connectivity index (χ0) is 13.7. The highest BCUT2D eigenvalue weighted by molar-refractivity contribution is 5.84. The van der Waals surface area contributed by atoms with Crippen molar-refractivity contribution in [1.29, 1.82) is 0 Å². The maximum absolute atomic E-state index is 11.4. The van der Waals surface area contributed by atoms with Crippen molar-refractivity contribution in [2.75, 3.05) is 6.61 Å². The molecule has 100 valence electrons. The molecule has 0 atom stereocenters. The molecule has 2 rings (SSSR count). The molecule has 6 heteroatoms. The van der Waals surface area contributed by atoms with E-state index in [1.54, 1.807) is 6.92 Å². The zero-order valence-electron chi connectivity index (χ0n) is 10.6. The van der Waals surface area contributed by atoms with Gasteiger partial charge in [0, 0.05) is 6.54 Å². The number of carbonyl (C=O) groups is 1. The number of benzene rings is 1. The molecule has 0 amide bonds. The van der Waals surface area contributed by atoms with Crippen LogP contribution in [0.1, 0.15) is 34.6 Å². The summed E-state index contributed by atoms with van der Waals surface area (Å²) in [7, 11) is 0. The summed E-state index contributed by atoms with van der Waals surface area (Å²) in [5.74, 6) is -0.268. The number of esters is 1. The topological polar surface area (TPSA) is 91.2 Å². The molecule has 0 unspecified atom stereocenters. The Morgan fingerprint density at radius 1 is 1.37 bits per heavy atom. The summed E-state index contributed by atoms with van der Waals surface area (Å²) in [6, 6.07) is 7.72. The van der Waals surface area contributed by atoms with Crippen LogP contribution >= 0.6 is 0 Å². The van der Waals surface area contributed by atoms with Crippen LogP contribution in [0.2, 0.25) is 0 Å². The van der Waals surface area contributed by atoms with Gasteiger partial charge >= 0.3 is 5.97 Å². The molecule has 0 saturated carbocycles. The lowest BCUT2D eigenvalue weighted by molar-refractivity contribution is 0.0508. The first kappa shape index (κ1) is 13.2. The van der Waals surface area contributed by atoms with Crippen molar-refractivity contribution in [3.63, 3.8) is 0 Å². The van der Waals surface area contributed by atoms with Crippen LogP contribution in [-0.2, 0) is 17.7 Å². The lowest BCUT2D eigenvalue weighted by Gasteiger charge is -2.03. The molecule has 0 aliphatic carbocycles. The van der Waals surface area contributed by atoms with Gasteiger partial charge in [-0.2, -0.15) is 4.98 Å². The van der Waals surface area contributed by atoms with Crippen LogP contribution in [-0.4, -0.2) is 22.7 Å². The van der Waals surface area contributed by atoms with Gasteiger partial charge in [0.25, 0.3) is 5.82 Å². The van der Waals surface area contributed by atoms with Gasteiger partial charge in [-0.1, -0.05) is 24.3 Å². The second kappa shape index (κ2) is 6.10. The average Bonchev–Trinajstić information content (AvgIpc) is 2.88. The van der Waals surface area contributed by atoms with E-state index in [9.17, 15) is 4.79 Å². The van der Waals surface area contributed by atoms with Crippen molar-refractivity contribution in [1.82, 2.24) is 10.1 Å². The number of hydrogen-bond acceptors (Lipinski definition) is 6. The number of aromatic nitrogens is 2. The summed E-state index contributed by atoms with van der Waals surface area (Å²) in [6.07, 6.45) is 0.444. The van der Waals surface area contributed by atoms with Crippen LogP contribution in [0.15, 0.2) is 28.8 Å². The van der Waals surface area contributed by atoms with Gasteiger partial charge in [-0.05, 0) is 23.2 Å². The monoisotopic (exact) mass is 261 g/mol. The van der Waals surface area contributed by atoms with Crippen molar-refractivity contribution in [3.05, 3.63) is 47.1 Å². The number of nitrogens with zero attached hydrogens (tertiary/aromatic N) is 2. The second-order valence-electron chi connectivity index (χ2n) is 3.88. The van der Waals surface area contributed by atoms with Crippen LogP contribution in [0.25, 0.3) is 0 Å². The highest BCUT2D eigenvalue weighted by atomic mass is 16.5. The molecular formula is C13H15N3O3. The van der Waals surface area contributed by atoms with Crippen LogP contribution in [0.3, 0.4) is 0 Å². The summed E-state index contributed by atoms with van der Waals surface area (Å²) in [5, 5.41) is 3.59. The molecule has 0 aliphatic rings. The Balaban J connectivity index is 2.13. The standard InChI is InChI=1S/C13H15N3O3/c1-2-18-13(17)12-15-11(19-16-12)7-9-5-3-4-6-10(9)8-14/h3-6H,2,7-8,14H2,1H3. The first-order chi connectivity index (χ1) is 9.24. The minimum Gasteiger partial charge on any atom is -0.460 e. The molecule has 6 nitrogen and oxygen atoms in total. The van der Waals surface area contributed by atoms with E-state index in [4.69, 9.17) is 15.0 Å². The number of nitrogens with two attached hydrogens (primary N) is 1. The maximum Gasteiger partial charge on any atom is 0.379 e. The van der Waals surface area contributed by atoms with E-state index in [2.05, 4.69) is 10.1 Å². The molecule has 1 aromatic carbocycles. The summed E-state index contributed by atoms with van der Waals surface area (Å²) >= 11 is 0. The Bertz CT molecular complexity index is 566. The molecule has 2 N–H and O–H groups in total. The van der Waals surface area contributed by atoms with Crippen LogP contribution < -0.4 is 5.73 Å². The molecule has 0 aliphatic heterocycles. The molecule has 0 saturated heterocycles. The van der Waals surface area contributed by atoms with E-state index in [0.717, 1.165) is 11.1 Å². The molecule has 0 bridgehead atoms. The Hall–Kier alpha value is -2.21. The molecule has 2 aromatic rings. The first-order valence-electron chi connectivity index (χ1n) is 6.01. The predicted molar refractivity (Wildman–Crippen MR) is 67.4 cm³/mol. The summed E-state index contributed by atoms with van der Waals surface area (Å²) in [6.45, 7) is 2.43. The van der Waals surface area contributed by atoms with E-state index >= 15 is 0 Å². The highest BCUT2D eigenvalue weighted by Gasteiger charge is 2.16. The van der Waals surface area contributed by atoms with Crippen LogP contribution in [0, 0.1) is 0 Å². The number of ether oxygens (including phenoxy) is 1. The Morgan fingerprint density at radius 2 is 2.11 bits per heavy atom. The minimum atomic E-state index is -0.579. The van der Waals surface area contributed by atoms with Crippen molar-refractivity contribution in [2.24, 2.45) is 5.73 Å². The molecular weight excluding hydrogens is 246 g/mol. The number of carbonyl (C=O) groups excluding carboxylic acids is 1. The van der Waals surface area contributed by atoms with E-state index in [-0.39, 0.29) is 12.4 Å². The van der Waals surface area contributed by atoms with Gasteiger partial charge in [0.2, 0.25) is 5.89 Å². The van der Waals surface area contributed by atoms with Gasteiger partial charge in [0.05, 0.1) is 13.0 Å². The lowest BCUT2D eigenvalue weighted by Crippen LogP contribution is -2.07. The smallest absolute Gasteiger partial charge is 0.379 e. The van der Waals surface area contributed by atoms with Crippen molar-refractivity contribution >= 4 is 5.97 Å². The van der Waals surface area contributed by atoms with E-state index in [0.29, 0.717) is 18.9 Å². The fraction of sp³-hybridized carbons (Fsp3) is 0.308. The van der Waals surface area contributed by atoms with E-state index in [1.165, 1.54) is 0 Å². The van der Waals surface area contributed by atoms with E-state index in [1.807, 2.05) is 24.3 Å². The van der Waals surface area contributed by atoms with E-state index < -0.39 is 5.97 Å². The van der Waals surface area contributed by atoms with Crippen LogP contribution in [0.4, 0.5) is 0 Å². The third-order valence-electron chi connectivity index (χ3n) is 2.61. The average molecular weight is 261 g/mol. The summed E-state index contributed by atoms with van der Waals surface area (Å²) < 4.78 is 9.83. The van der Waals surface area contributed by atoms with Gasteiger partial charge in [-0.3, -0.25) is 0 Å². The van der Waals surface area contributed by atoms with Crippen molar-refractivity contribution < 1.29 is 14.1 Å². The second-order valence-corrected chi connectivity index (χ2v) is 3.88. The molecule has 1 heterocycles. The lowest BCUT2D eigenvalue weighted by atomic mass is 10.0. The Labute approximate surface area is 110 Å². The highest BCUT2D eigenvalue weighted by Crippen LogP contribution is 2.13. The minimum absolute atomic E-state index is 0.0536. The first-order valence-corrected chi connectivity index (χ1v) is 6.01. The maximum atomic E-state index is 11.4. The molecule has 0 spiro atoms. The van der Waals surface area contributed by atoms with Gasteiger partial charge < -0.3 is 15.0 Å². The third kappa shape index (κ3) is 3.17. The Kier molecular flexibility index (Phi) is 4.25. The number of rotatable bonds is 5. The van der Waals surface area contributed by atoms with Gasteiger partial charge in [0.1, 0.15) is 0 Å². The SMILES string of the molecule is CCOC(=O)c1noc(Cc2ccccc2CN)n1. The van der Waals surface area contributed by atoms with Gasteiger partial charge in [0.15, 0.2) is 0 Å². The molecule has 0 fully saturated rings. The quantitative estimate of drug-likeness (QED) is 0.815. The fourth-order valence-electron chi connectivity index (χ4n) is 1.70. The normalized spacial score (nSPS) is 10.4. The third-order valence-corrected chi connectivity index (χ3v) is 2.61. The summed E-state index contributed by atoms with van der Waals surface area (Å²) in [5.41, 5.74) is 7.67. The zero-order valence-corrected chi connectivity index (χ0v) is 10.6.